The summed E-state index contributed by atoms with van der Waals surface area (Å²) >= 11 is 2.88. The first-order chi connectivity index (χ1) is 6.63. The van der Waals surface area contributed by atoms with Crippen LogP contribution in [0.5, 0.6) is 0 Å². The van der Waals surface area contributed by atoms with Crippen molar-refractivity contribution in [1.82, 2.24) is 0 Å². The Balaban J connectivity index is 2.96. The number of hydrogen-bond donors (Lipinski definition) is 0. The lowest BCUT2D eigenvalue weighted by Crippen LogP contribution is -1.90. The predicted octanol–water partition coefficient (Wildman–Crippen LogP) is 4.39. The quantitative estimate of drug-likeness (QED) is 0.447. The first kappa shape index (κ1) is 14.1. The summed E-state index contributed by atoms with van der Waals surface area (Å²) in [6.07, 6.45) is 7.88. The van der Waals surface area contributed by atoms with E-state index in [1.165, 1.54) is 6.42 Å². The summed E-state index contributed by atoms with van der Waals surface area (Å²) in [6.45, 7) is 1.64. The van der Waals surface area contributed by atoms with Crippen molar-refractivity contribution in [3.05, 3.63) is 0 Å². The van der Waals surface area contributed by atoms with Gasteiger partial charge in [-0.15, -0.1) is 0 Å². The molecule has 0 spiro atoms. The normalized spacial score (nSPS) is 12.8. The topological polar surface area (TPSA) is 17.1 Å². The highest BCUT2D eigenvalue weighted by Gasteiger charge is 1.99. The van der Waals surface area contributed by atoms with E-state index in [1.54, 1.807) is 6.92 Å². The van der Waals surface area contributed by atoms with E-state index in [2.05, 4.69) is 15.9 Å². The smallest absolute Gasteiger partial charge is 0.154 e. The number of Topliss-reactive ketones (excluding diaryl/α,β-unsaturated/α-hetero) is 1. The largest absolute Gasteiger partial charge is 0.300 e. The zero-order valence-electron chi connectivity index (χ0n) is 8.90. The highest BCUT2D eigenvalue weighted by molar-refractivity contribution is 9.09. The molecule has 0 aromatic carbocycles. The molecule has 0 bridgehead atoms. The Morgan fingerprint density at radius 1 is 1.14 bits per heavy atom. The van der Waals surface area contributed by atoms with Crippen molar-refractivity contribution in [3.8, 4) is 0 Å². The average Bonchev–Trinajstić information content (AvgIpc) is 2.08. The second-order valence-corrected chi connectivity index (χ2v) is 4.75. The van der Waals surface area contributed by atoms with Gasteiger partial charge in [0.05, 0.1) is 0 Å². The van der Waals surface area contributed by atoms with E-state index >= 15 is 0 Å². The van der Waals surface area contributed by atoms with Gasteiger partial charge >= 0.3 is 0 Å². The second-order valence-electron chi connectivity index (χ2n) is 3.75. The van der Waals surface area contributed by atoms with Crippen LogP contribution in [-0.2, 0) is 4.79 Å². The van der Waals surface area contributed by atoms with Crippen LogP contribution in [0.25, 0.3) is 0 Å². The molecule has 0 rings (SSSR count). The average molecular weight is 267 g/mol. The fourth-order valence-corrected chi connectivity index (χ4v) is 1.70. The van der Waals surface area contributed by atoms with Crippen LogP contribution in [0.4, 0.5) is 4.39 Å². The van der Waals surface area contributed by atoms with Gasteiger partial charge in [-0.3, -0.25) is 0 Å². The van der Waals surface area contributed by atoms with Gasteiger partial charge in [0.2, 0.25) is 0 Å². The van der Waals surface area contributed by atoms with E-state index in [4.69, 9.17) is 0 Å². The van der Waals surface area contributed by atoms with Gasteiger partial charge in [0.1, 0.15) is 5.78 Å². The molecule has 1 nitrogen and oxygen atoms in total. The molecule has 0 aliphatic rings. The van der Waals surface area contributed by atoms with E-state index in [9.17, 15) is 9.18 Å². The minimum absolute atomic E-state index is 0.282. The van der Waals surface area contributed by atoms with Crippen LogP contribution in [0.3, 0.4) is 0 Å². The molecule has 14 heavy (non-hydrogen) atoms. The van der Waals surface area contributed by atoms with Crippen LogP contribution < -0.4 is 0 Å². The molecule has 0 saturated carbocycles. The third-order valence-electron chi connectivity index (χ3n) is 2.20. The van der Waals surface area contributed by atoms with E-state index in [0.29, 0.717) is 12.8 Å². The van der Waals surface area contributed by atoms with Crippen LogP contribution >= 0.6 is 15.9 Å². The van der Waals surface area contributed by atoms with E-state index < -0.39 is 5.08 Å². The molecule has 0 fully saturated rings. The number of rotatable bonds is 9. The monoisotopic (exact) mass is 266 g/mol. The summed E-state index contributed by atoms with van der Waals surface area (Å²) in [7, 11) is 0. The summed E-state index contributed by atoms with van der Waals surface area (Å²) in [5, 5.41) is -0.833. The predicted molar refractivity (Wildman–Crippen MR) is 61.4 cm³/mol. The van der Waals surface area contributed by atoms with Crippen molar-refractivity contribution in [2.75, 3.05) is 0 Å². The fraction of sp³-hybridized carbons (Fsp3) is 0.909. The zero-order chi connectivity index (χ0) is 10.8. The minimum Gasteiger partial charge on any atom is -0.300 e. The first-order valence-electron chi connectivity index (χ1n) is 5.40. The third-order valence-corrected chi connectivity index (χ3v) is 2.66. The lowest BCUT2D eigenvalue weighted by atomic mass is 10.1. The van der Waals surface area contributed by atoms with Gasteiger partial charge in [0.15, 0.2) is 5.08 Å². The lowest BCUT2D eigenvalue weighted by molar-refractivity contribution is -0.117. The summed E-state index contributed by atoms with van der Waals surface area (Å²) < 4.78 is 12.3. The SMILES string of the molecule is CC(=O)CCCCCCCC[C@H](F)Br. The zero-order valence-corrected chi connectivity index (χ0v) is 10.5. The van der Waals surface area contributed by atoms with Gasteiger partial charge in [-0.25, -0.2) is 4.39 Å². The molecular weight excluding hydrogens is 247 g/mol. The molecule has 0 aliphatic carbocycles. The molecule has 0 radical (unpaired) electrons. The number of carbonyl (C=O) groups excluding carboxylic acids is 1. The molecule has 0 amide bonds. The van der Waals surface area contributed by atoms with Crippen LogP contribution in [0.15, 0.2) is 0 Å². The van der Waals surface area contributed by atoms with E-state index in [1.807, 2.05) is 0 Å². The first-order valence-corrected chi connectivity index (χ1v) is 6.32. The Labute approximate surface area is 94.6 Å². The van der Waals surface area contributed by atoms with Crippen molar-refractivity contribution in [3.63, 3.8) is 0 Å². The van der Waals surface area contributed by atoms with Crippen molar-refractivity contribution >= 4 is 21.7 Å². The van der Waals surface area contributed by atoms with Crippen molar-refractivity contribution in [2.24, 2.45) is 0 Å². The number of carbonyl (C=O) groups is 1. The summed E-state index contributed by atoms with van der Waals surface area (Å²) in [6, 6.07) is 0. The Kier molecular flexibility index (Phi) is 9.68. The highest BCUT2D eigenvalue weighted by Crippen LogP contribution is 2.13. The van der Waals surface area contributed by atoms with Gasteiger partial charge < -0.3 is 4.79 Å². The molecule has 0 N–H and O–H groups in total. The standard InChI is InChI=1S/C11H20BrFO/c1-10(14)8-6-4-2-3-5-7-9-11(12)13/h11H,2-9H2,1H3/t11-/m0/s1. The van der Waals surface area contributed by atoms with Crippen molar-refractivity contribution in [1.29, 1.82) is 0 Å². The Hall–Kier alpha value is 0.0800. The van der Waals surface area contributed by atoms with Crippen molar-refractivity contribution in [2.45, 2.75) is 63.4 Å². The van der Waals surface area contributed by atoms with Crippen LogP contribution in [-0.4, -0.2) is 10.9 Å². The highest BCUT2D eigenvalue weighted by atomic mass is 79.9. The van der Waals surface area contributed by atoms with Gasteiger partial charge in [0, 0.05) is 6.42 Å². The number of unbranched alkanes of at least 4 members (excludes halogenated alkanes) is 5. The Morgan fingerprint density at radius 2 is 1.64 bits per heavy atom. The molecule has 1 atom stereocenters. The van der Waals surface area contributed by atoms with Gasteiger partial charge in [-0.05, 0) is 26.2 Å². The molecule has 0 unspecified atom stereocenters. The molecule has 84 valence electrons. The molecule has 0 aromatic rings. The molecule has 0 aromatic heterocycles. The number of halogens is 2. The van der Waals surface area contributed by atoms with E-state index in [-0.39, 0.29) is 5.78 Å². The summed E-state index contributed by atoms with van der Waals surface area (Å²) in [5.41, 5.74) is 0. The number of alkyl halides is 2. The summed E-state index contributed by atoms with van der Waals surface area (Å²) in [4.78, 5) is 10.6. The van der Waals surface area contributed by atoms with Gasteiger partial charge in [-0.2, -0.15) is 0 Å². The third kappa shape index (κ3) is 12.1. The second kappa shape index (κ2) is 9.63. The van der Waals surface area contributed by atoms with Gasteiger partial charge in [0.25, 0.3) is 0 Å². The molecular formula is C11H20BrFO. The summed E-state index contributed by atoms with van der Waals surface area (Å²) in [5.74, 6) is 0.282. The number of hydrogen-bond acceptors (Lipinski definition) is 1. The minimum atomic E-state index is -0.833. The van der Waals surface area contributed by atoms with Crippen molar-refractivity contribution < 1.29 is 9.18 Å². The molecule has 0 aliphatic heterocycles. The van der Waals surface area contributed by atoms with Crippen LogP contribution in [0.1, 0.15) is 58.3 Å². The molecule has 3 heteroatoms. The molecule has 0 saturated heterocycles. The Morgan fingerprint density at radius 3 is 2.14 bits per heavy atom. The number of ketones is 1. The van der Waals surface area contributed by atoms with Crippen LogP contribution in [0.2, 0.25) is 0 Å². The maximum Gasteiger partial charge on any atom is 0.154 e. The Bertz CT molecular complexity index is 148. The van der Waals surface area contributed by atoms with Crippen LogP contribution in [0, 0.1) is 0 Å². The van der Waals surface area contributed by atoms with Gasteiger partial charge in [-0.1, -0.05) is 41.6 Å². The van der Waals surface area contributed by atoms with E-state index in [0.717, 1.165) is 32.1 Å². The lowest BCUT2D eigenvalue weighted by Gasteiger charge is -2.01. The maximum atomic E-state index is 12.3. The fourth-order valence-electron chi connectivity index (χ4n) is 1.38. The maximum absolute atomic E-state index is 12.3. The molecule has 0 heterocycles.